The van der Waals surface area contributed by atoms with E-state index in [2.05, 4.69) is 48.8 Å². The fourth-order valence-corrected chi connectivity index (χ4v) is 2.72. The highest BCUT2D eigenvalue weighted by atomic mass is 127. The number of carbonyl (C=O) groups is 1. The van der Waals surface area contributed by atoms with Crippen LogP contribution >= 0.6 is 38.5 Å². The molecule has 0 fully saturated rings. The zero-order valence-corrected chi connectivity index (χ0v) is 12.4. The number of aromatic nitrogens is 1. The lowest BCUT2D eigenvalue weighted by Gasteiger charge is -2.07. The fraction of sp³-hybridized carbons (Fsp3) is 0. The number of amides is 1. The molecule has 0 saturated heterocycles. The van der Waals surface area contributed by atoms with Crippen molar-refractivity contribution in [1.29, 1.82) is 0 Å². The molecule has 0 radical (unpaired) electrons. The molecule has 2 aromatic rings. The molecule has 17 heavy (non-hydrogen) atoms. The normalized spacial score (nSPS) is 10.0. The third-order valence-electron chi connectivity index (χ3n) is 2.10. The quantitative estimate of drug-likeness (QED) is 0.778. The van der Waals surface area contributed by atoms with Gasteiger partial charge >= 0.3 is 0 Å². The molecule has 0 aliphatic rings. The highest BCUT2D eigenvalue weighted by Gasteiger charge is 2.07. The molecule has 5 heteroatoms. The first-order chi connectivity index (χ1) is 8.16. The number of halogens is 2. The van der Waals surface area contributed by atoms with Gasteiger partial charge in [0, 0.05) is 20.4 Å². The molecule has 0 aliphatic carbocycles. The number of anilines is 1. The first-order valence-electron chi connectivity index (χ1n) is 4.83. The predicted molar refractivity (Wildman–Crippen MR) is 79.0 cm³/mol. The van der Waals surface area contributed by atoms with Crippen LogP contribution in [0.1, 0.15) is 10.4 Å². The Balaban J connectivity index is 2.19. The minimum Gasteiger partial charge on any atom is -0.321 e. The van der Waals surface area contributed by atoms with E-state index in [1.165, 1.54) is 0 Å². The summed E-state index contributed by atoms with van der Waals surface area (Å²) in [5, 5.41) is 2.85. The van der Waals surface area contributed by atoms with Gasteiger partial charge in [-0.15, -0.1) is 0 Å². The van der Waals surface area contributed by atoms with E-state index in [9.17, 15) is 4.79 Å². The Morgan fingerprint density at radius 3 is 2.82 bits per heavy atom. The van der Waals surface area contributed by atoms with Gasteiger partial charge in [0.15, 0.2) is 0 Å². The second-order valence-electron chi connectivity index (χ2n) is 3.32. The van der Waals surface area contributed by atoms with Crippen molar-refractivity contribution in [2.24, 2.45) is 0 Å². The molecule has 0 unspecified atom stereocenters. The molecule has 1 N–H and O–H groups in total. The summed E-state index contributed by atoms with van der Waals surface area (Å²) in [6, 6.07) is 9.16. The van der Waals surface area contributed by atoms with Crippen molar-refractivity contribution in [3.63, 3.8) is 0 Å². The van der Waals surface area contributed by atoms with Gasteiger partial charge in [-0.1, -0.05) is 15.9 Å². The summed E-state index contributed by atoms with van der Waals surface area (Å²) in [5.74, 6) is -0.154. The Morgan fingerprint density at radius 2 is 2.18 bits per heavy atom. The second-order valence-corrected chi connectivity index (χ2v) is 5.40. The van der Waals surface area contributed by atoms with Crippen molar-refractivity contribution in [2.75, 3.05) is 5.32 Å². The van der Waals surface area contributed by atoms with Crippen molar-refractivity contribution < 1.29 is 4.79 Å². The van der Waals surface area contributed by atoms with Crippen LogP contribution in [0.4, 0.5) is 5.69 Å². The number of carbonyl (C=O) groups excluding carboxylic acids is 1. The summed E-state index contributed by atoms with van der Waals surface area (Å²) in [5.41, 5.74) is 1.34. The molecule has 0 aliphatic heterocycles. The third kappa shape index (κ3) is 3.26. The fourth-order valence-electron chi connectivity index (χ4n) is 1.28. The molecule has 86 valence electrons. The van der Waals surface area contributed by atoms with E-state index in [4.69, 9.17) is 0 Å². The minimum atomic E-state index is -0.154. The maximum atomic E-state index is 11.9. The van der Waals surface area contributed by atoms with Gasteiger partial charge in [-0.05, 0) is 52.9 Å². The van der Waals surface area contributed by atoms with Crippen LogP contribution in [0.5, 0.6) is 0 Å². The van der Waals surface area contributed by atoms with E-state index in [1.54, 1.807) is 24.5 Å². The molecule has 1 heterocycles. The van der Waals surface area contributed by atoms with Gasteiger partial charge in [0.05, 0.1) is 11.3 Å². The molecule has 0 saturated carbocycles. The summed E-state index contributed by atoms with van der Waals surface area (Å²) >= 11 is 5.56. The molecular weight excluding hydrogens is 395 g/mol. The van der Waals surface area contributed by atoms with Crippen molar-refractivity contribution in [3.05, 3.63) is 56.3 Å². The highest BCUT2D eigenvalue weighted by molar-refractivity contribution is 14.1. The van der Waals surface area contributed by atoms with Gasteiger partial charge in [0.2, 0.25) is 0 Å². The van der Waals surface area contributed by atoms with Gasteiger partial charge in [0.1, 0.15) is 0 Å². The van der Waals surface area contributed by atoms with Crippen LogP contribution in [0, 0.1) is 3.57 Å². The van der Waals surface area contributed by atoms with Crippen LogP contribution in [0.2, 0.25) is 0 Å². The maximum absolute atomic E-state index is 11.9. The van der Waals surface area contributed by atoms with E-state index in [-0.39, 0.29) is 5.91 Å². The van der Waals surface area contributed by atoms with Crippen LogP contribution in [-0.2, 0) is 0 Å². The SMILES string of the molecule is O=C(Nc1ccc(Br)cc1I)c1cccnc1. The van der Waals surface area contributed by atoms with Crippen molar-refractivity contribution in [3.8, 4) is 0 Å². The van der Waals surface area contributed by atoms with Crippen LogP contribution < -0.4 is 5.32 Å². The Kier molecular flexibility index (Phi) is 4.11. The highest BCUT2D eigenvalue weighted by Crippen LogP contribution is 2.23. The van der Waals surface area contributed by atoms with E-state index >= 15 is 0 Å². The molecule has 0 bridgehead atoms. The molecule has 1 aromatic carbocycles. The van der Waals surface area contributed by atoms with Crippen molar-refractivity contribution in [2.45, 2.75) is 0 Å². The van der Waals surface area contributed by atoms with Crippen LogP contribution in [0.25, 0.3) is 0 Å². The van der Waals surface area contributed by atoms with Gasteiger partial charge in [-0.3, -0.25) is 9.78 Å². The molecule has 1 amide bonds. The van der Waals surface area contributed by atoms with Gasteiger partial charge in [-0.2, -0.15) is 0 Å². The smallest absolute Gasteiger partial charge is 0.257 e. The summed E-state index contributed by atoms with van der Waals surface area (Å²) < 4.78 is 1.97. The largest absolute Gasteiger partial charge is 0.321 e. The first kappa shape index (κ1) is 12.5. The Labute approximate surface area is 121 Å². The number of pyridine rings is 1. The average molecular weight is 403 g/mol. The van der Waals surface area contributed by atoms with Gasteiger partial charge < -0.3 is 5.32 Å². The van der Waals surface area contributed by atoms with Crippen LogP contribution in [0.3, 0.4) is 0 Å². The number of nitrogens with one attached hydrogen (secondary N) is 1. The Bertz CT molecular complexity index is 545. The van der Waals surface area contributed by atoms with Gasteiger partial charge in [-0.25, -0.2) is 0 Å². The maximum Gasteiger partial charge on any atom is 0.257 e. The summed E-state index contributed by atoms with van der Waals surface area (Å²) in [6.07, 6.45) is 3.18. The molecule has 1 aromatic heterocycles. The lowest BCUT2D eigenvalue weighted by atomic mass is 10.2. The average Bonchev–Trinajstić information content (AvgIpc) is 2.34. The van der Waals surface area contributed by atoms with Crippen molar-refractivity contribution >= 4 is 50.1 Å². The lowest BCUT2D eigenvalue weighted by Crippen LogP contribution is -2.12. The van der Waals surface area contributed by atoms with Crippen molar-refractivity contribution in [1.82, 2.24) is 4.98 Å². The monoisotopic (exact) mass is 402 g/mol. The minimum absolute atomic E-state index is 0.154. The molecule has 0 spiro atoms. The van der Waals surface area contributed by atoms with E-state index < -0.39 is 0 Å². The number of rotatable bonds is 2. The van der Waals surface area contributed by atoms with Crippen LogP contribution in [0.15, 0.2) is 47.2 Å². The number of hydrogen-bond donors (Lipinski definition) is 1. The summed E-state index contributed by atoms with van der Waals surface area (Å²) in [6.45, 7) is 0. The topological polar surface area (TPSA) is 42.0 Å². The molecule has 3 nitrogen and oxygen atoms in total. The number of benzene rings is 1. The summed E-state index contributed by atoms with van der Waals surface area (Å²) in [4.78, 5) is 15.8. The van der Waals surface area contributed by atoms with Gasteiger partial charge in [0.25, 0.3) is 5.91 Å². The lowest BCUT2D eigenvalue weighted by molar-refractivity contribution is 0.102. The molecule has 0 atom stereocenters. The molecular formula is C12H8BrIN2O. The Morgan fingerprint density at radius 1 is 1.35 bits per heavy atom. The molecule has 2 rings (SSSR count). The second kappa shape index (κ2) is 5.59. The van der Waals surface area contributed by atoms with Crippen LogP contribution in [-0.4, -0.2) is 10.9 Å². The van der Waals surface area contributed by atoms with E-state index in [1.807, 2.05) is 18.2 Å². The zero-order valence-electron chi connectivity index (χ0n) is 8.65. The van der Waals surface area contributed by atoms with E-state index in [0.29, 0.717) is 5.56 Å². The third-order valence-corrected chi connectivity index (χ3v) is 3.49. The Hall–Kier alpha value is -0.950. The first-order valence-corrected chi connectivity index (χ1v) is 6.70. The standard InChI is InChI=1S/C12H8BrIN2O/c13-9-3-4-11(10(14)6-9)16-12(17)8-2-1-5-15-7-8/h1-7H,(H,16,17). The summed E-state index contributed by atoms with van der Waals surface area (Å²) in [7, 11) is 0. The number of nitrogens with zero attached hydrogens (tertiary/aromatic N) is 1. The zero-order chi connectivity index (χ0) is 12.3. The van der Waals surface area contributed by atoms with E-state index in [0.717, 1.165) is 13.7 Å². The predicted octanol–water partition coefficient (Wildman–Crippen LogP) is 3.70. The number of hydrogen-bond acceptors (Lipinski definition) is 2.